The van der Waals surface area contributed by atoms with Gasteiger partial charge in [0.15, 0.2) is 0 Å². The molecule has 0 fully saturated rings. The molecular weight excluding hydrogens is 224 g/mol. The largest absolute Gasteiger partial charge is 0.375 e. The van der Waals surface area contributed by atoms with Crippen LogP contribution in [0.2, 0.25) is 0 Å². The van der Waals surface area contributed by atoms with Gasteiger partial charge in [-0.2, -0.15) is 0 Å². The van der Waals surface area contributed by atoms with Crippen molar-refractivity contribution in [2.75, 3.05) is 13.2 Å². The molecule has 0 heterocycles. The average Bonchev–Trinajstić information content (AvgIpc) is 2.41. The summed E-state index contributed by atoms with van der Waals surface area (Å²) >= 11 is 0. The zero-order valence-corrected chi connectivity index (χ0v) is 13.3. The highest BCUT2D eigenvalue weighted by atomic mass is 16.5. The molecule has 1 atom stereocenters. The molecule has 0 aliphatic carbocycles. The van der Waals surface area contributed by atoms with Crippen LogP contribution in [-0.4, -0.2) is 24.9 Å². The third-order valence-corrected chi connectivity index (χ3v) is 3.86. The van der Waals surface area contributed by atoms with Crippen molar-refractivity contribution in [2.45, 2.75) is 91.3 Å². The van der Waals surface area contributed by atoms with Crippen molar-refractivity contribution in [1.29, 1.82) is 0 Å². The van der Waals surface area contributed by atoms with Crippen LogP contribution in [0.3, 0.4) is 0 Å². The van der Waals surface area contributed by atoms with Gasteiger partial charge in [-0.15, -0.1) is 0 Å². The van der Waals surface area contributed by atoms with E-state index in [-0.39, 0.29) is 11.7 Å². The van der Waals surface area contributed by atoms with E-state index in [1.807, 2.05) is 0 Å². The monoisotopic (exact) mass is 258 g/mol. The Hall–Kier alpha value is -0.0800. The quantitative estimate of drug-likeness (QED) is 0.461. The van der Waals surface area contributed by atoms with E-state index in [0.717, 1.165) is 45.3 Å². The lowest BCUT2D eigenvalue weighted by atomic mass is 9.88. The van der Waals surface area contributed by atoms with Gasteiger partial charge in [0.25, 0.3) is 0 Å². The number of hydrogen-bond donors (Lipinski definition) is 0. The van der Waals surface area contributed by atoms with Crippen LogP contribution >= 0.6 is 0 Å². The second-order valence-electron chi connectivity index (χ2n) is 5.10. The van der Waals surface area contributed by atoms with E-state index in [4.69, 9.17) is 9.47 Å². The van der Waals surface area contributed by atoms with Gasteiger partial charge in [-0.3, -0.25) is 0 Å². The lowest BCUT2D eigenvalue weighted by molar-refractivity contribution is -0.152. The molecule has 0 N–H and O–H groups in total. The van der Waals surface area contributed by atoms with Crippen molar-refractivity contribution in [2.24, 2.45) is 0 Å². The van der Waals surface area contributed by atoms with Crippen molar-refractivity contribution < 1.29 is 9.47 Å². The summed E-state index contributed by atoms with van der Waals surface area (Å²) in [4.78, 5) is 0. The van der Waals surface area contributed by atoms with Crippen LogP contribution in [-0.2, 0) is 9.47 Å². The van der Waals surface area contributed by atoms with Gasteiger partial charge < -0.3 is 9.47 Å². The first-order valence-electron chi connectivity index (χ1n) is 7.96. The molecule has 0 rings (SSSR count). The Bertz CT molecular complexity index is 176. The summed E-state index contributed by atoms with van der Waals surface area (Å²) < 4.78 is 12.3. The molecule has 18 heavy (non-hydrogen) atoms. The van der Waals surface area contributed by atoms with Crippen LogP contribution in [0.4, 0.5) is 0 Å². The lowest BCUT2D eigenvalue weighted by Gasteiger charge is -2.39. The molecule has 0 aromatic carbocycles. The summed E-state index contributed by atoms with van der Waals surface area (Å²) in [5.74, 6) is 0. The average molecular weight is 258 g/mol. The molecule has 1 unspecified atom stereocenters. The van der Waals surface area contributed by atoms with E-state index >= 15 is 0 Å². The van der Waals surface area contributed by atoms with E-state index in [1.165, 1.54) is 12.8 Å². The van der Waals surface area contributed by atoms with Crippen molar-refractivity contribution in [3.05, 3.63) is 0 Å². The standard InChI is InChI=1S/C16H34O2/c1-6-11-13-17-15(8-3)16(9-4,10-5)18-14-12-7-2/h15H,6-14H2,1-5H3. The number of hydrogen-bond acceptors (Lipinski definition) is 2. The smallest absolute Gasteiger partial charge is 0.0937 e. The maximum atomic E-state index is 6.23. The molecule has 0 aromatic rings. The van der Waals surface area contributed by atoms with Crippen LogP contribution in [0, 0.1) is 0 Å². The fourth-order valence-electron chi connectivity index (χ4n) is 2.43. The predicted octanol–water partition coefficient (Wildman–Crippen LogP) is 4.96. The molecule has 0 saturated carbocycles. The van der Waals surface area contributed by atoms with Gasteiger partial charge in [-0.05, 0) is 32.1 Å². The summed E-state index contributed by atoms with van der Waals surface area (Å²) in [5, 5.41) is 0. The van der Waals surface area contributed by atoms with E-state index in [9.17, 15) is 0 Å². The molecule has 0 bridgehead atoms. The SMILES string of the molecule is CCCCOC(CC)C(CC)(CC)OCCCC. The first-order valence-corrected chi connectivity index (χ1v) is 7.96. The van der Waals surface area contributed by atoms with Gasteiger partial charge in [0, 0.05) is 13.2 Å². The lowest BCUT2D eigenvalue weighted by Crippen LogP contribution is -2.45. The van der Waals surface area contributed by atoms with Crippen LogP contribution in [0.5, 0.6) is 0 Å². The van der Waals surface area contributed by atoms with Crippen LogP contribution in [0.1, 0.15) is 79.6 Å². The highest BCUT2D eigenvalue weighted by Gasteiger charge is 2.36. The number of unbranched alkanes of at least 4 members (excludes halogenated alkanes) is 2. The van der Waals surface area contributed by atoms with Gasteiger partial charge in [0.1, 0.15) is 0 Å². The molecule has 0 amide bonds. The predicted molar refractivity (Wildman–Crippen MR) is 79.1 cm³/mol. The zero-order chi connectivity index (χ0) is 13.9. The molecule has 0 aliphatic rings. The minimum Gasteiger partial charge on any atom is -0.375 e. The summed E-state index contributed by atoms with van der Waals surface area (Å²) in [6.45, 7) is 12.8. The van der Waals surface area contributed by atoms with Gasteiger partial charge in [-0.25, -0.2) is 0 Å². The van der Waals surface area contributed by atoms with Crippen molar-refractivity contribution in [1.82, 2.24) is 0 Å². The molecule has 2 nitrogen and oxygen atoms in total. The van der Waals surface area contributed by atoms with Crippen LogP contribution < -0.4 is 0 Å². The van der Waals surface area contributed by atoms with Crippen molar-refractivity contribution in [3.63, 3.8) is 0 Å². The van der Waals surface area contributed by atoms with Gasteiger partial charge in [0.05, 0.1) is 11.7 Å². The molecule has 0 spiro atoms. The van der Waals surface area contributed by atoms with Gasteiger partial charge >= 0.3 is 0 Å². The van der Waals surface area contributed by atoms with E-state index in [1.54, 1.807) is 0 Å². The van der Waals surface area contributed by atoms with Gasteiger partial charge in [0.2, 0.25) is 0 Å². The Morgan fingerprint density at radius 2 is 1.39 bits per heavy atom. The molecule has 2 heteroatoms. The number of ether oxygens (including phenoxy) is 2. The second kappa shape index (κ2) is 10.8. The van der Waals surface area contributed by atoms with Crippen molar-refractivity contribution in [3.8, 4) is 0 Å². The first kappa shape index (κ1) is 17.9. The maximum Gasteiger partial charge on any atom is 0.0937 e. The molecular formula is C16H34O2. The van der Waals surface area contributed by atoms with Gasteiger partial charge in [-0.1, -0.05) is 47.5 Å². The Balaban J connectivity index is 4.46. The van der Waals surface area contributed by atoms with E-state index in [2.05, 4.69) is 34.6 Å². The highest BCUT2D eigenvalue weighted by Crippen LogP contribution is 2.29. The summed E-state index contributed by atoms with van der Waals surface area (Å²) in [6.07, 6.45) is 8.04. The third-order valence-electron chi connectivity index (χ3n) is 3.86. The Kier molecular flexibility index (Phi) is 10.8. The molecule has 0 aromatic heterocycles. The summed E-state index contributed by atoms with van der Waals surface area (Å²) in [6, 6.07) is 0. The summed E-state index contributed by atoms with van der Waals surface area (Å²) in [5.41, 5.74) is -0.0718. The number of rotatable bonds is 12. The van der Waals surface area contributed by atoms with E-state index in [0.29, 0.717) is 0 Å². The van der Waals surface area contributed by atoms with Crippen LogP contribution in [0.15, 0.2) is 0 Å². The first-order chi connectivity index (χ1) is 8.70. The molecule has 0 saturated heterocycles. The fraction of sp³-hybridized carbons (Fsp3) is 1.00. The Labute approximate surface area is 114 Å². The highest BCUT2D eigenvalue weighted by molar-refractivity contribution is 4.87. The normalized spacial score (nSPS) is 13.8. The second-order valence-corrected chi connectivity index (χ2v) is 5.10. The molecule has 0 radical (unpaired) electrons. The Morgan fingerprint density at radius 1 is 0.833 bits per heavy atom. The van der Waals surface area contributed by atoms with Crippen molar-refractivity contribution >= 4 is 0 Å². The maximum absolute atomic E-state index is 6.23. The summed E-state index contributed by atoms with van der Waals surface area (Å²) in [7, 11) is 0. The Morgan fingerprint density at radius 3 is 1.83 bits per heavy atom. The topological polar surface area (TPSA) is 18.5 Å². The minimum absolute atomic E-state index is 0.0718. The molecule has 0 aliphatic heterocycles. The zero-order valence-electron chi connectivity index (χ0n) is 13.3. The minimum atomic E-state index is -0.0718. The molecule has 110 valence electrons. The third kappa shape index (κ3) is 5.71. The van der Waals surface area contributed by atoms with E-state index < -0.39 is 0 Å². The fourth-order valence-corrected chi connectivity index (χ4v) is 2.43. The van der Waals surface area contributed by atoms with Crippen LogP contribution in [0.25, 0.3) is 0 Å².